The molecule has 0 aromatic heterocycles. The maximum Gasteiger partial charge on any atom is 0.339 e. The SMILES string of the molecule is CC(C)c1ccc(/C=C2\SC(=Nc3ccc(C(=O)O)c(O)c3)NC2=O)cc1. The predicted octanol–water partition coefficient (Wildman–Crippen LogP) is 4.11. The van der Waals surface area contributed by atoms with Crippen LogP contribution < -0.4 is 5.32 Å². The minimum Gasteiger partial charge on any atom is -0.507 e. The van der Waals surface area contributed by atoms with Crippen molar-refractivity contribution in [2.45, 2.75) is 19.8 Å². The van der Waals surface area contributed by atoms with Crippen molar-refractivity contribution in [3.8, 4) is 5.75 Å². The number of carbonyl (C=O) groups is 2. The number of thioether (sulfide) groups is 1. The van der Waals surface area contributed by atoms with E-state index >= 15 is 0 Å². The number of carboxylic acids is 1. The van der Waals surface area contributed by atoms with Crippen molar-refractivity contribution in [2.75, 3.05) is 0 Å². The number of phenols is 1. The number of benzene rings is 2. The van der Waals surface area contributed by atoms with Crippen molar-refractivity contribution >= 4 is 40.6 Å². The third-order valence-electron chi connectivity index (χ3n) is 3.99. The summed E-state index contributed by atoms with van der Waals surface area (Å²) in [5, 5.41) is 21.7. The van der Waals surface area contributed by atoms with Crippen molar-refractivity contribution in [1.82, 2.24) is 5.32 Å². The molecule has 138 valence electrons. The number of carbonyl (C=O) groups excluding carboxylic acids is 1. The van der Waals surface area contributed by atoms with Crippen molar-refractivity contribution in [2.24, 2.45) is 4.99 Å². The number of hydrogen-bond donors (Lipinski definition) is 3. The van der Waals surface area contributed by atoms with Gasteiger partial charge in [0.2, 0.25) is 0 Å². The number of aromatic carboxylic acids is 1. The Kier molecular flexibility index (Phi) is 5.32. The molecule has 0 unspecified atom stereocenters. The van der Waals surface area contributed by atoms with E-state index in [1.807, 2.05) is 24.3 Å². The van der Waals surface area contributed by atoms with E-state index in [0.29, 0.717) is 21.7 Å². The van der Waals surface area contributed by atoms with E-state index in [1.165, 1.54) is 35.5 Å². The molecule has 6 nitrogen and oxygen atoms in total. The lowest BCUT2D eigenvalue weighted by Gasteiger charge is -2.04. The molecule has 2 aromatic carbocycles. The van der Waals surface area contributed by atoms with Crippen LogP contribution in [0.1, 0.15) is 41.3 Å². The number of nitrogens with one attached hydrogen (secondary N) is 1. The Hall–Kier alpha value is -3.06. The summed E-state index contributed by atoms with van der Waals surface area (Å²) >= 11 is 1.19. The molecule has 2 aromatic rings. The second kappa shape index (κ2) is 7.67. The maximum absolute atomic E-state index is 12.2. The molecule has 1 aliphatic heterocycles. The zero-order chi connectivity index (χ0) is 19.6. The summed E-state index contributed by atoms with van der Waals surface area (Å²) in [6, 6.07) is 12.0. The molecule has 0 atom stereocenters. The minimum atomic E-state index is -1.22. The third-order valence-corrected chi connectivity index (χ3v) is 4.90. The topological polar surface area (TPSA) is 99.0 Å². The summed E-state index contributed by atoms with van der Waals surface area (Å²) in [6.07, 6.45) is 1.79. The number of hydrogen-bond acceptors (Lipinski definition) is 5. The van der Waals surface area contributed by atoms with Crippen LogP contribution in [0.25, 0.3) is 6.08 Å². The molecule has 0 saturated carbocycles. The Morgan fingerprint density at radius 1 is 1.19 bits per heavy atom. The zero-order valence-corrected chi connectivity index (χ0v) is 15.6. The molecule has 7 heteroatoms. The lowest BCUT2D eigenvalue weighted by molar-refractivity contribution is -0.115. The summed E-state index contributed by atoms with van der Waals surface area (Å²) < 4.78 is 0. The number of rotatable bonds is 4. The molecule has 1 heterocycles. The number of carboxylic acid groups (broad SMARTS) is 1. The first-order chi connectivity index (χ1) is 12.8. The fourth-order valence-corrected chi connectivity index (χ4v) is 3.34. The summed E-state index contributed by atoms with van der Waals surface area (Å²) in [5.74, 6) is -1.40. The van der Waals surface area contributed by atoms with Crippen LogP contribution in [0, 0.1) is 0 Å². The Morgan fingerprint density at radius 3 is 2.48 bits per heavy atom. The van der Waals surface area contributed by atoms with Gasteiger partial charge in [0.25, 0.3) is 5.91 Å². The van der Waals surface area contributed by atoms with Crippen molar-refractivity contribution in [3.05, 3.63) is 64.1 Å². The lowest BCUT2D eigenvalue weighted by atomic mass is 10.0. The molecule has 0 aliphatic carbocycles. The van der Waals surface area contributed by atoms with Gasteiger partial charge in [-0.2, -0.15) is 0 Å². The molecule has 0 spiro atoms. The summed E-state index contributed by atoms with van der Waals surface area (Å²) in [5.41, 5.74) is 2.30. The van der Waals surface area contributed by atoms with Crippen LogP contribution in [-0.2, 0) is 4.79 Å². The average molecular weight is 382 g/mol. The molecule has 1 saturated heterocycles. The largest absolute Gasteiger partial charge is 0.507 e. The summed E-state index contributed by atoms with van der Waals surface area (Å²) in [6.45, 7) is 4.24. The fourth-order valence-electron chi connectivity index (χ4n) is 2.50. The van der Waals surface area contributed by atoms with Gasteiger partial charge in [-0.3, -0.25) is 4.79 Å². The first-order valence-electron chi connectivity index (χ1n) is 8.29. The first kappa shape index (κ1) is 18.7. The smallest absolute Gasteiger partial charge is 0.339 e. The van der Waals surface area contributed by atoms with Crippen LogP contribution in [0.5, 0.6) is 5.75 Å². The second-order valence-electron chi connectivity index (χ2n) is 6.31. The molecule has 3 N–H and O–H groups in total. The lowest BCUT2D eigenvalue weighted by Crippen LogP contribution is -2.19. The number of aliphatic imine (C=N–C) groups is 1. The maximum atomic E-state index is 12.2. The molecular formula is C20H18N2O4S. The van der Waals surface area contributed by atoms with Crippen LogP contribution in [0.2, 0.25) is 0 Å². The average Bonchev–Trinajstić information content (AvgIpc) is 2.94. The third kappa shape index (κ3) is 4.38. The van der Waals surface area contributed by atoms with E-state index in [9.17, 15) is 14.7 Å². The van der Waals surface area contributed by atoms with Crippen molar-refractivity contribution in [1.29, 1.82) is 0 Å². The standard InChI is InChI=1S/C20H18N2O4S/c1-11(2)13-5-3-12(4-6-13)9-17-18(24)22-20(27-17)21-14-7-8-15(19(25)26)16(23)10-14/h3-11,23H,1-2H3,(H,25,26)(H,21,22,24)/b17-9-. The molecule has 0 bridgehead atoms. The second-order valence-corrected chi connectivity index (χ2v) is 7.34. The zero-order valence-electron chi connectivity index (χ0n) is 14.8. The minimum absolute atomic E-state index is 0.201. The normalized spacial score (nSPS) is 16.9. The van der Waals surface area contributed by atoms with Crippen LogP contribution in [0.4, 0.5) is 5.69 Å². The molecule has 1 fully saturated rings. The molecule has 1 aliphatic rings. The van der Waals surface area contributed by atoms with Gasteiger partial charge in [-0.1, -0.05) is 38.1 Å². The Bertz CT molecular complexity index is 962. The number of aromatic hydroxyl groups is 1. The van der Waals surface area contributed by atoms with E-state index in [-0.39, 0.29) is 17.2 Å². The van der Waals surface area contributed by atoms with Crippen LogP contribution >= 0.6 is 11.8 Å². The molecule has 1 amide bonds. The van der Waals surface area contributed by atoms with Gasteiger partial charge < -0.3 is 15.5 Å². The summed E-state index contributed by atoms with van der Waals surface area (Å²) in [7, 11) is 0. The van der Waals surface area contributed by atoms with E-state index in [2.05, 4.69) is 24.2 Å². The number of amides is 1. The van der Waals surface area contributed by atoms with Gasteiger partial charge in [0, 0.05) is 6.07 Å². The number of amidine groups is 1. The highest BCUT2D eigenvalue weighted by atomic mass is 32.2. The van der Waals surface area contributed by atoms with Gasteiger partial charge in [-0.25, -0.2) is 9.79 Å². The van der Waals surface area contributed by atoms with Crippen molar-refractivity contribution < 1.29 is 19.8 Å². The van der Waals surface area contributed by atoms with Crippen LogP contribution in [0.3, 0.4) is 0 Å². The molecule has 0 radical (unpaired) electrons. The van der Waals surface area contributed by atoms with Crippen LogP contribution in [0.15, 0.2) is 52.4 Å². The quantitative estimate of drug-likeness (QED) is 0.691. The Labute approximate surface area is 160 Å². The van der Waals surface area contributed by atoms with E-state index < -0.39 is 5.97 Å². The first-order valence-corrected chi connectivity index (χ1v) is 9.11. The van der Waals surface area contributed by atoms with Gasteiger partial charge in [0.15, 0.2) is 5.17 Å². The molecule has 27 heavy (non-hydrogen) atoms. The van der Waals surface area contributed by atoms with Crippen LogP contribution in [-0.4, -0.2) is 27.3 Å². The predicted molar refractivity (Wildman–Crippen MR) is 106 cm³/mol. The molecular weight excluding hydrogens is 364 g/mol. The van der Waals surface area contributed by atoms with Gasteiger partial charge in [0.1, 0.15) is 11.3 Å². The number of nitrogens with zero attached hydrogens (tertiary/aromatic N) is 1. The van der Waals surface area contributed by atoms with Gasteiger partial charge in [0.05, 0.1) is 10.6 Å². The highest BCUT2D eigenvalue weighted by Crippen LogP contribution is 2.30. The van der Waals surface area contributed by atoms with Gasteiger partial charge in [-0.05, 0) is 47.0 Å². The highest BCUT2D eigenvalue weighted by Gasteiger charge is 2.24. The van der Waals surface area contributed by atoms with Crippen molar-refractivity contribution in [3.63, 3.8) is 0 Å². The van der Waals surface area contributed by atoms with Gasteiger partial charge in [-0.15, -0.1) is 0 Å². The summed E-state index contributed by atoms with van der Waals surface area (Å²) in [4.78, 5) is 27.9. The Balaban J connectivity index is 1.79. The van der Waals surface area contributed by atoms with E-state index in [0.717, 1.165) is 5.56 Å². The van der Waals surface area contributed by atoms with E-state index in [4.69, 9.17) is 5.11 Å². The fraction of sp³-hybridized carbons (Fsp3) is 0.150. The highest BCUT2D eigenvalue weighted by molar-refractivity contribution is 8.18. The monoisotopic (exact) mass is 382 g/mol. The van der Waals surface area contributed by atoms with E-state index in [1.54, 1.807) is 6.08 Å². The Morgan fingerprint density at radius 2 is 1.89 bits per heavy atom. The van der Waals surface area contributed by atoms with Gasteiger partial charge >= 0.3 is 5.97 Å². The molecule has 3 rings (SSSR count).